The van der Waals surface area contributed by atoms with Gasteiger partial charge in [-0.25, -0.2) is 0 Å². The second-order valence-corrected chi connectivity index (χ2v) is 21.1. The molecule has 11 aromatic rings. The summed E-state index contributed by atoms with van der Waals surface area (Å²) in [6.07, 6.45) is 0. The molecule has 75 heavy (non-hydrogen) atoms. The Morgan fingerprint density at radius 2 is 0.360 bits per heavy atom. The largest absolute Gasteiger partial charge is 2.00 e. The Hall–Kier alpha value is -5.21. The quantitative estimate of drug-likeness (QED) is 0.0884. The van der Waals surface area contributed by atoms with Gasteiger partial charge in [0.25, 0.3) is 3.25 Å². The third-order valence-corrected chi connectivity index (χ3v) is 11.8. The summed E-state index contributed by atoms with van der Waals surface area (Å²) >= 11 is 26.2. The summed E-state index contributed by atoms with van der Waals surface area (Å²) in [5.41, 5.74) is 15.0. The maximum absolute atomic E-state index is 4.83. The molecule has 0 nitrogen and oxygen atoms in total. The van der Waals surface area contributed by atoms with E-state index in [1.165, 1.54) is 66.8 Å². The van der Waals surface area contributed by atoms with E-state index in [1.807, 2.05) is 91.0 Å². The fourth-order valence-corrected chi connectivity index (χ4v) is 7.63. The molecule has 0 spiro atoms. The number of rotatable bonds is 6. The van der Waals surface area contributed by atoms with Crippen LogP contribution in [0.3, 0.4) is 0 Å². The molecular formula is C67H51Br3Cl4Mg. The minimum atomic E-state index is -1.61. The Bertz CT molecular complexity index is 2880. The second kappa shape index (κ2) is 35.2. The smallest absolute Gasteiger partial charge is 1.00 e. The summed E-state index contributed by atoms with van der Waals surface area (Å²) in [5.74, 6) is 0. The molecule has 0 saturated heterocycles. The number of halogens is 7. The van der Waals surface area contributed by atoms with Gasteiger partial charge in [0.2, 0.25) is 0 Å². The van der Waals surface area contributed by atoms with Gasteiger partial charge in [-0.2, -0.15) is 36.4 Å². The first-order chi connectivity index (χ1) is 35.6. The first kappa shape index (κ1) is 62.3. The zero-order valence-electron chi connectivity index (χ0n) is 40.8. The van der Waals surface area contributed by atoms with Gasteiger partial charge in [-0.1, -0.05) is 333 Å². The first-order valence-electron chi connectivity index (χ1n) is 23.3. The van der Waals surface area contributed by atoms with Crippen molar-refractivity contribution in [3.05, 3.63) is 324 Å². The van der Waals surface area contributed by atoms with Crippen LogP contribution < -0.4 is 17.0 Å². The molecular weight excluding hydrogens is 1210 g/mol. The maximum Gasteiger partial charge on any atom is 2.00 e. The summed E-state index contributed by atoms with van der Waals surface area (Å²) in [7, 11) is 0. The van der Waals surface area contributed by atoms with Gasteiger partial charge in [0, 0.05) is 8.95 Å². The van der Waals surface area contributed by atoms with Crippen LogP contribution in [-0.4, -0.2) is 26.3 Å². The Labute approximate surface area is 507 Å². The van der Waals surface area contributed by atoms with Crippen molar-refractivity contribution in [2.75, 3.05) is 0 Å². The van der Waals surface area contributed by atoms with E-state index in [9.17, 15) is 0 Å². The van der Waals surface area contributed by atoms with Crippen molar-refractivity contribution in [3.8, 4) is 66.8 Å². The van der Waals surface area contributed by atoms with Gasteiger partial charge < -0.3 is 17.0 Å². The monoisotopic (exact) mass is 1260 g/mol. The number of hydrogen-bond acceptors (Lipinski definition) is 0. The summed E-state index contributed by atoms with van der Waals surface area (Å²) in [4.78, 5) is 0. The van der Waals surface area contributed by atoms with Crippen LogP contribution in [0.1, 0.15) is 0 Å². The molecule has 0 bridgehead atoms. The molecule has 8 heteroatoms. The predicted molar refractivity (Wildman–Crippen MR) is 331 cm³/mol. The van der Waals surface area contributed by atoms with Crippen LogP contribution >= 0.6 is 78.3 Å². The van der Waals surface area contributed by atoms with Crippen LogP contribution in [-0.2, 0) is 0 Å². The Morgan fingerprint density at radius 1 is 0.227 bits per heavy atom. The number of alkyl halides is 4. The molecule has 0 heterocycles. The molecule has 0 N–H and O–H groups in total. The van der Waals surface area contributed by atoms with Crippen molar-refractivity contribution in [1.29, 1.82) is 0 Å². The molecule has 0 saturated carbocycles. The minimum absolute atomic E-state index is 0. The molecule has 0 atom stereocenters. The van der Waals surface area contributed by atoms with E-state index < -0.39 is 3.25 Å². The summed E-state index contributed by atoms with van der Waals surface area (Å²) in [5, 5.41) is 0. The van der Waals surface area contributed by atoms with Crippen LogP contribution in [0, 0.1) is 6.07 Å². The van der Waals surface area contributed by atoms with E-state index in [0.717, 1.165) is 8.95 Å². The Balaban J connectivity index is 0.000000208. The van der Waals surface area contributed by atoms with E-state index in [2.05, 4.69) is 256 Å². The molecule has 0 aliphatic rings. The van der Waals surface area contributed by atoms with Crippen molar-refractivity contribution in [2.45, 2.75) is 3.25 Å². The molecule has 0 radical (unpaired) electrons. The van der Waals surface area contributed by atoms with Crippen molar-refractivity contribution in [2.24, 2.45) is 0 Å². The maximum atomic E-state index is 4.83. The van der Waals surface area contributed by atoms with E-state index in [1.54, 1.807) is 0 Å². The Kier molecular flexibility index (Phi) is 29.2. The average Bonchev–Trinajstić information content (AvgIpc) is 3.46. The fraction of sp³-hybridized carbons (Fsp3) is 0.0149. The van der Waals surface area contributed by atoms with Crippen molar-refractivity contribution in [3.63, 3.8) is 0 Å². The van der Waals surface area contributed by atoms with Crippen LogP contribution in [0.5, 0.6) is 0 Å². The molecule has 0 aliphatic heterocycles. The predicted octanol–water partition coefficient (Wildman–Crippen LogP) is 18.9. The molecule has 0 aliphatic carbocycles. The fourth-order valence-electron chi connectivity index (χ4n) is 7.10. The molecule has 370 valence electrons. The topological polar surface area (TPSA) is 0 Å². The van der Waals surface area contributed by atoms with Crippen molar-refractivity contribution >= 4 is 101 Å². The summed E-state index contributed by atoms with van der Waals surface area (Å²) in [6.45, 7) is 0. The molecule has 11 rings (SSSR count). The van der Waals surface area contributed by atoms with Gasteiger partial charge in [-0.05, 0) is 91.0 Å². The molecule has 11 aromatic carbocycles. The van der Waals surface area contributed by atoms with Crippen molar-refractivity contribution < 1.29 is 17.0 Å². The zero-order chi connectivity index (χ0) is 51.4. The summed E-state index contributed by atoms with van der Waals surface area (Å²) in [6, 6.07) is 109. The second-order valence-electron chi connectivity index (χ2n) is 15.9. The SMILES string of the molecule is Brc1ccc(-c2ccc(-c3ccccc3)cc2)cc1.Brc1ccc(-c2ccc(-c3ccccc3)cc2)cc1.ClC(Cl)(Cl)Cl.[Br-].[Mg+2].[c-]1ccccc1.c1ccc(-c2ccc(-c3ccccc3)cc2)cc1.c1ccccc1. The van der Waals surface area contributed by atoms with E-state index in [-0.39, 0.29) is 40.0 Å². The van der Waals surface area contributed by atoms with Gasteiger partial charge >= 0.3 is 23.1 Å². The van der Waals surface area contributed by atoms with E-state index in [0.29, 0.717) is 0 Å². The summed E-state index contributed by atoms with van der Waals surface area (Å²) < 4.78 is 0.606. The van der Waals surface area contributed by atoms with E-state index in [4.69, 9.17) is 46.4 Å². The third kappa shape index (κ3) is 24.1. The minimum Gasteiger partial charge on any atom is -1.00 e. The van der Waals surface area contributed by atoms with Gasteiger partial charge in [0.15, 0.2) is 0 Å². The molecule has 0 fully saturated rings. The van der Waals surface area contributed by atoms with Gasteiger partial charge in [-0.3, -0.25) is 0 Å². The molecule has 0 amide bonds. The van der Waals surface area contributed by atoms with Crippen LogP contribution in [0.2, 0.25) is 0 Å². The van der Waals surface area contributed by atoms with E-state index >= 15 is 0 Å². The molecule has 0 aromatic heterocycles. The number of hydrogen-bond donors (Lipinski definition) is 0. The van der Waals surface area contributed by atoms with Gasteiger partial charge in [-0.15, -0.1) is 0 Å². The number of benzene rings is 11. The third-order valence-electron chi connectivity index (χ3n) is 10.7. The zero-order valence-corrected chi connectivity index (χ0v) is 50.0. The van der Waals surface area contributed by atoms with Crippen molar-refractivity contribution in [1.82, 2.24) is 0 Å². The normalized spacial score (nSPS) is 9.79. The standard InChI is InChI=1S/2C18H13Br.C18H14.C6H6.C6H5.CCl4.BrH.Mg/c2*19-18-12-10-17(11-13-18)16-8-6-15(7-9-16)14-4-2-1-3-5-14;1-3-7-15(8-4-1)17-11-13-18(14-12-17)16-9-5-2-6-10-16;2*1-2-4-6-5-3-1;2-1(3,4)5;;/h2*1-13H;1-14H;1-6H;1-5H;;1H;/q;;;;-1;;;+2/p-1. The van der Waals surface area contributed by atoms with Gasteiger partial charge in [0.05, 0.1) is 0 Å². The molecule has 0 unspecified atom stereocenters. The van der Waals surface area contributed by atoms with Crippen LogP contribution in [0.25, 0.3) is 66.8 Å². The van der Waals surface area contributed by atoms with Crippen LogP contribution in [0.15, 0.2) is 318 Å². The average molecular weight is 1260 g/mol. The Morgan fingerprint density at radius 3 is 0.507 bits per heavy atom. The van der Waals surface area contributed by atoms with Gasteiger partial charge in [0.1, 0.15) is 0 Å². The van der Waals surface area contributed by atoms with Crippen LogP contribution in [0.4, 0.5) is 0 Å². The first-order valence-corrected chi connectivity index (χ1v) is 26.4.